The van der Waals surface area contributed by atoms with Crippen molar-refractivity contribution < 1.29 is 13.6 Å². The second kappa shape index (κ2) is 7.36. The molecule has 6 heteroatoms. The van der Waals surface area contributed by atoms with Crippen molar-refractivity contribution in [1.82, 2.24) is 10.2 Å². The first kappa shape index (κ1) is 15.7. The van der Waals surface area contributed by atoms with E-state index in [4.69, 9.17) is 5.73 Å². The molecule has 1 heterocycles. The van der Waals surface area contributed by atoms with Crippen molar-refractivity contribution in [3.63, 3.8) is 0 Å². The molecule has 0 atom stereocenters. The zero-order chi connectivity index (χ0) is 15.2. The van der Waals surface area contributed by atoms with Gasteiger partial charge in [-0.3, -0.25) is 4.79 Å². The largest absolute Gasteiger partial charge is 0.396 e. The zero-order valence-corrected chi connectivity index (χ0v) is 12.0. The summed E-state index contributed by atoms with van der Waals surface area (Å²) in [5, 5.41) is 2.61. The third-order valence-electron chi connectivity index (χ3n) is 3.70. The van der Waals surface area contributed by atoms with Gasteiger partial charge in [-0.05, 0) is 51.0 Å². The van der Waals surface area contributed by atoms with Gasteiger partial charge in [0.05, 0.1) is 11.3 Å². The number of halogens is 2. The summed E-state index contributed by atoms with van der Waals surface area (Å²) in [5.41, 5.74) is 4.61. The van der Waals surface area contributed by atoms with Crippen molar-refractivity contribution in [3.05, 3.63) is 29.3 Å². The summed E-state index contributed by atoms with van der Waals surface area (Å²) in [6.07, 6.45) is 4.52. The van der Waals surface area contributed by atoms with Crippen molar-refractivity contribution in [2.75, 3.05) is 31.9 Å². The molecular weight excluding hydrogens is 276 g/mol. The maximum absolute atomic E-state index is 13.7. The quantitative estimate of drug-likeness (QED) is 0.647. The number of rotatable bonds is 5. The predicted molar refractivity (Wildman–Crippen MR) is 78.0 cm³/mol. The Morgan fingerprint density at radius 1 is 1.24 bits per heavy atom. The third-order valence-corrected chi connectivity index (χ3v) is 3.70. The van der Waals surface area contributed by atoms with Crippen LogP contribution >= 0.6 is 0 Å². The molecule has 1 aliphatic heterocycles. The molecule has 0 aromatic heterocycles. The maximum atomic E-state index is 13.7. The van der Waals surface area contributed by atoms with Crippen LogP contribution in [0.2, 0.25) is 0 Å². The van der Waals surface area contributed by atoms with Gasteiger partial charge in [0.2, 0.25) is 0 Å². The summed E-state index contributed by atoms with van der Waals surface area (Å²) < 4.78 is 26.8. The van der Waals surface area contributed by atoms with E-state index < -0.39 is 17.5 Å². The number of anilines is 1. The molecule has 1 fully saturated rings. The lowest BCUT2D eigenvalue weighted by molar-refractivity contribution is 0.0946. The van der Waals surface area contributed by atoms with Crippen LogP contribution in [0.15, 0.2) is 12.1 Å². The third kappa shape index (κ3) is 4.39. The van der Waals surface area contributed by atoms with Gasteiger partial charge in [-0.25, -0.2) is 8.78 Å². The van der Waals surface area contributed by atoms with Gasteiger partial charge >= 0.3 is 0 Å². The van der Waals surface area contributed by atoms with E-state index in [9.17, 15) is 13.6 Å². The summed E-state index contributed by atoms with van der Waals surface area (Å²) in [6.45, 7) is 3.55. The number of hydrogen-bond donors (Lipinski definition) is 2. The molecule has 0 unspecified atom stereocenters. The van der Waals surface area contributed by atoms with Gasteiger partial charge in [0, 0.05) is 6.54 Å². The Balaban J connectivity index is 1.79. The molecule has 116 valence electrons. The van der Waals surface area contributed by atoms with Gasteiger partial charge < -0.3 is 16.0 Å². The highest BCUT2D eigenvalue weighted by molar-refractivity contribution is 5.95. The molecule has 2 rings (SSSR count). The van der Waals surface area contributed by atoms with Crippen LogP contribution in [0.25, 0.3) is 0 Å². The van der Waals surface area contributed by atoms with Crippen LogP contribution in [0, 0.1) is 11.6 Å². The van der Waals surface area contributed by atoms with Gasteiger partial charge in [0.1, 0.15) is 5.82 Å². The molecule has 1 aliphatic rings. The second-order valence-electron chi connectivity index (χ2n) is 5.37. The van der Waals surface area contributed by atoms with Gasteiger partial charge in [0.25, 0.3) is 5.91 Å². The van der Waals surface area contributed by atoms with Crippen molar-refractivity contribution in [3.8, 4) is 0 Å². The lowest BCUT2D eigenvalue weighted by Gasteiger charge is -2.26. The number of nitrogen functional groups attached to an aromatic ring is 1. The number of carbonyl (C=O) groups excluding carboxylic acids is 1. The van der Waals surface area contributed by atoms with Crippen LogP contribution in [-0.2, 0) is 0 Å². The van der Waals surface area contributed by atoms with Crippen molar-refractivity contribution in [1.29, 1.82) is 0 Å². The lowest BCUT2D eigenvalue weighted by Crippen LogP contribution is -2.33. The van der Waals surface area contributed by atoms with E-state index in [1.165, 1.54) is 19.3 Å². The fourth-order valence-corrected chi connectivity index (χ4v) is 2.56. The number of benzene rings is 1. The van der Waals surface area contributed by atoms with E-state index in [0.717, 1.165) is 38.2 Å². The van der Waals surface area contributed by atoms with Crippen molar-refractivity contribution in [2.24, 2.45) is 0 Å². The number of amides is 1. The van der Waals surface area contributed by atoms with Crippen LogP contribution < -0.4 is 11.1 Å². The molecule has 0 saturated carbocycles. The summed E-state index contributed by atoms with van der Waals surface area (Å²) in [5.74, 6) is -2.21. The Labute approximate surface area is 123 Å². The summed E-state index contributed by atoms with van der Waals surface area (Å²) in [7, 11) is 0. The second-order valence-corrected chi connectivity index (χ2v) is 5.37. The molecule has 1 aromatic carbocycles. The number of piperidine rings is 1. The van der Waals surface area contributed by atoms with Gasteiger partial charge in [-0.15, -0.1) is 0 Å². The summed E-state index contributed by atoms with van der Waals surface area (Å²) >= 11 is 0. The summed E-state index contributed by atoms with van der Waals surface area (Å²) in [4.78, 5) is 14.2. The average Bonchev–Trinajstić information content (AvgIpc) is 2.48. The molecule has 3 N–H and O–H groups in total. The molecule has 21 heavy (non-hydrogen) atoms. The van der Waals surface area contributed by atoms with Crippen LogP contribution in [0.3, 0.4) is 0 Å². The van der Waals surface area contributed by atoms with Crippen LogP contribution in [0.4, 0.5) is 14.5 Å². The molecule has 1 saturated heterocycles. The maximum Gasteiger partial charge on any atom is 0.254 e. The summed E-state index contributed by atoms with van der Waals surface area (Å²) in [6, 6.07) is 1.73. The highest BCUT2D eigenvalue weighted by atomic mass is 19.1. The number of carbonyl (C=O) groups is 1. The minimum atomic E-state index is -0.870. The van der Waals surface area contributed by atoms with Gasteiger partial charge in [-0.2, -0.15) is 0 Å². The minimum absolute atomic E-state index is 0.342. The molecule has 0 radical (unpaired) electrons. The van der Waals surface area contributed by atoms with Gasteiger partial charge in [0.15, 0.2) is 5.82 Å². The average molecular weight is 297 g/mol. The van der Waals surface area contributed by atoms with E-state index in [1.54, 1.807) is 0 Å². The number of nitrogens with one attached hydrogen (secondary N) is 1. The first-order chi connectivity index (χ1) is 10.1. The Bertz CT molecular complexity index is 502. The van der Waals surface area contributed by atoms with E-state index in [0.29, 0.717) is 6.54 Å². The molecule has 4 nitrogen and oxygen atoms in total. The molecule has 0 spiro atoms. The number of nitrogens with two attached hydrogens (primary N) is 1. The first-order valence-electron chi connectivity index (χ1n) is 7.33. The fourth-order valence-electron chi connectivity index (χ4n) is 2.56. The Kier molecular flexibility index (Phi) is 5.50. The van der Waals surface area contributed by atoms with Gasteiger partial charge in [-0.1, -0.05) is 6.42 Å². The van der Waals surface area contributed by atoms with E-state index in [1.807, 2.05) is 0 Å². The Morgan fingerprint density at radius 2 is 1.95 bits per heavy atom. The number of hydrogen-bond acceptors (Lipinski definition) is 3. The number of likely N-dealkylation sites (tertiary alicyclic amines) is 1. The van der Waals surface area contributed by atoms with Crippen molar-refractivity contribution >= 4 is 11.6 Å². The minimum Gasteiger partial charge on any atom is -0.396 e. The Morgan fingerprint density at radius 3 is 2.67 bits per heavy atom. The van der Waals surface area contributed by atoms with Crippen LogP contribution in [0.1, 0.15) is 36.0 Å². The highest BCUT2D eigenvalue weighted by Gasteiger charge is 2.16. The topological polar surface area (TPSA) is 58.4 Å². The Hall–Kier alpha value is -1.69. The van der Waals surface area contributed by atoms with E-state index in [-0.39, 0.29) is 11.3 Å². The zero-order valence-electron chi connectivity index (χ0n) is 12.0. The monoisotopic (exact) mass is 297 g/mol. The number of nitrogens with zero attached hydrogens (tertiary/aromatic N) is 1. The molecule has 1 aromatic rings. The fraction of sp³-hybridized carbons (Fsp3) is 0.533. The predicted octanol–water partition coefficient (Wildman–Crippen LogP) is 2.15. The van der Waals surface area contributed by atoms with Crippen LogP contribution in [-0.4, -0.2) is 37.0 Å². The highest BCUT2D eigenvalue weighted by Crippen LogP contribution is 2.17. The smallest absolute Gasteiger partial charge is 0.254 e. The standard InChI is InChI=1S/C15H21F2N3O/c16-11-9-12(14(17)13(18)10-11)15(21)19-5-4-8-20-6-2-1-3-7-20/h9-10H,1-8,18H2,(H,19,21). The first-order valence-corrected chi connectivity index (χ1v) is 7.33. The molecule has 0 bridgehead atoms. The molecular formula is C15H21F2N3O. The van der Waals surface area contributed by atoms with Crippen molar-refractivity contribution in [2.45, 2.75) is 25.7 Å². The SMILES string of the molecule is Nc1cc(F)cc(C(=O)NCCCN2CCCCC2)c1F. The lowest BCUT2D eigenvalue weighted by atomic mass is 10.1. The normalized spacial score (nSPS) is 15.9. The molecule has 1 amide bonds. The van der Waals surface area contributed by atoms with Crippen LogP contribution in [0.5, 0.6) is 0 Å². The van der Waals surface area contributed by atoms with E-state index in [2.05, 4.69) is 10.2 Å². The molecule has 0 aliphatic carbocycles. The van der Waals surface area contributed by atoms with E-state index >= 15 is 0 Å².